The van der Waals surface area contributed by atoms with Crippen molar-refractivity contribution in [2.45, 2.75) is 33.2 Å². The van der Waals surface area contributed by atoms with Gasteiger partial charge in [0.1, 0.15) is 4.88 Å². The van der Waals surface area contributed by atoms with Gasteiger partial charge in [-0.05, 0) is 20.3 Å². The lowest BCUT2D eigenvalue weighted by Gasteiger charge is -2.09. The van der Waals surface area contributed by atoms with Gasteiger partial charge >= 0.3 is 0 Å². The normalized spacial score (nSPS) is 12.3. The van der Waals surface area contributed by atoms with Crippen molar-refractivity contribution in [3.05, 3.63) is 10.6 Å². The molecular formula is C11H19N3OS. The zero-order chi connectivity index (χ0) is 12.3. The van der Waals surface area contributed by atoms with E-state index >= 15 is 0 Å². The van der Waals surface area contributed by atoms with E-state index in [1.54, 1.807) is 19.0 Å². The second-order valence-electron chi connectivity index (χ2n) is 4.09. The molecule has 1 N–H and O–H groups in total. The highest BCUT2D eigenvalue weighted by atomic mass is 32.1. The van der Waals surface area contributed by atoms with E-state index in [2.05, 4.69) is 24.1 Å². The molecule has 1 atom stereocenters. The predicted octanol–water partition coefficient (Wildman–Crippen LogP) is 2.36. The van der Waals surface area contributed by atoms with Gasteiger partial charge in [-0.1, -0.05) is 18.3 Å². The summed E-state index contributed by atoms with van der Waals surface area (Å²) in [7, 11) is 3.51. The molecule has 1 aromatic heterocycles. The number of rotatable bonds is 4. The molecule has 0 saturated carbocycles. The van der Waals surface area contributed by atoms with E-state index in [0.29, 0.717) is 6.04 Å². The Labute approximate surface area is 101 Å². The van der Waals surface area contributed by atoms with Crippen LogP contribution in [0.5, 0.6) is 0 Å². The van der Waals surface area contributed by atoms with Crippen molar-refractivity contribution in [1.82, 2.24) is 9.88 Å². The van der Waals surface area contributed by atoms with Crippen LogP contribution in [0, 0.1) is 6.92 Å². The largest absolute Gasteiger partial charge is 0.359 e. The third-order valence-electron chi connectivity index (χ3n) is 2.38. The van der Waals surface area contributed by atoms with Crippen LogP contribution in [0.3, 0.4) is 0 Å². The number of amides is 1. The molecular weight excluding hydrogens is 222 g/mol. The van der Waals surface area contributed by atoms with Crippen LogP contribution in [0.2, 0.25) is 0 Å². The smallest absolute Gasteiger partial charge is 0.265 e. The first kappa shape index (κ1) is 13.0. The third kappa shape index (κ3) is 2.95. The van der Waals surface area contributed by atoms with Crippen molar-refractivity contribution in [2.75, 3.05) is 19.4 Å². The van der Waals surface area contributed by atoms with Crippen LogP contribution in [0.1, 0.15) is 35.6 Å². The second-order valence-corrected chi connectivity index (χ2v) is 5.09. The Bertz CT molecular complexity index is 373. The number of nitrogens with one attached hydrogen (secondary N) is 1. The molecule has 0 spiro atoms. The van der Waals surface area contributed by atoms with Crippen molar-refractivity contribution >= 4 is 22.4 Å². The number of carbonyl (C=O) groups excluding carboxylic acids is 1. The highest BCUT2D eigenvalue weighted by molar-refractivity contribution is 7.17. The maximum absolute atomic E-state index is 11.8. The number of anilines is 1. The number of hydrogen-bond acceptors (Lipinski definition) is 4. The number of aryl methyl sites for hydroxylation is 1. The van der Waals surface area contributed by atoms with E-state index in [-0.39, 0.29) is 5.91 Å². The van der Waals surface area contributed by atoms with Crippen molar-refractivity contribution in [3.8, 4) is 0 Å². The fourth-order valence-electron chi connectivity index (χ4n) is 1.17. The summed E-state index contributed by atoms with van der Waals surface area (Å²) >= 11 is 1.43. The van der Waals surface area contributed by atoms with Crippen LogP contribution >= 0.6 is 11.3 Å². The Hall–Kier alpha value is -1.10. The van der Waals surface area contributed by atoms with Crippen LogP contribution in [0.4, 0.5) is 5.13 Å². The fourth-order valence-corrected chi connectivity index (χ4v) is 2.27. The van der Waals surface area contributed by atoms with Gasteiger partial charge in [-0.3, -0.25) is 4.79 Å². The molecule has 0 aliphatic rings. The molecule has 0 aliphatic heterocycles. The summed E-state index contributed by atoms with van der Waals surface area (Å²) in [5.41, 5.74) is 0.800. The standard InChI is InChI=1S/C11H19N3OS/c1-6-7(2)12-11-13-8(3)9(16-11)10(15)14(4)5/h7H,6H2,1-5H3,(H,12,13)/t7-/m0/s1. The van der Waals surface area contributed by atoms with Crippen LogP contribution in [-0.4, -0.2) is 35.9 Å². The van der Waals surface area contributed by atoms with E-state index in [9.17, 15) is 4.79 Å². The number of hydrogen-bond donors (Lipinski definition) is 1. The Morgan fingerprint density at radius 3 is 2.69 bits per heavy atom. The molecule has 1 rings (SSSR count). The lowest BCUT2D eigenvalue weighted by atomic mass is 10.3. The molecule has 1 heterocycles. The molecule has 0 radical (unpaired) electrons. The summed E-state index contributed by atoms with van der Waals surface area (Å²) in [5, 5.41) is 4.11. The Balaban J connectivity index is 2.85. The minimum Gasteiger partial charge on any atom is -0.359 e. The van der Waals surface area contributed by atoms with Gasteiger partial charge in [0.15, 0.2) is 5.13 Å². The molecule has 90 valence electrons. The van der Waals surface area contributed by atoms with E-state index in [1.807, 2.05) is 6.92 Å². The molecule has 16 heavy (non-hydrogen) atoms. The highest BCUT2D eigenvalue weighted by Gasteiger charge is 2.17. The minimum absolute atomic E-state index is 0.0206. The summed E-state index contributed by atoms with van der Waals surface area (Å²) in [5.74, 6) is 0.0206. The van der Waals surface area contributed by atoms with Crippen LogP contribution in [0.15, 0.2) is 0 Å². The van der Waals surface area contributed by atoms with Gasteiger partial charge in [0.25, 0.3) is 5.91 Å². The summed E-state index contributed by atoms with van der Waals surface area (Å²) in [6.45, 7) is 6.09. The van der Waals surface area contributed by atoms with Gasteiger partial charge in [-0.15, -0.1) is 0 Å². The minimum atomic E-state index is 0.0206. The summed E-state index contributed by atoms with van der Waals surface area (Å²) in [6, 6.07) is 0.382. The first-order valence-electron chi connectivity index (χ1n) is 5.41. The molecule has 1 amide bonds. The Kier molecular flexibility index (Phi) is 4.29. The number of carbonyl (C=O) groups is 1. The quantitative estimate of drug-likeness (QED) is 0.880. The highest BCUT2D eigenvalue weighted by Crippen LogP contribution is 2.24. The number of thiazole rings is 1. The zero-order valence-electron chi connectivity index (χ0n) is 10.5. The van der Waals surface area contributed by atoms with Crippen molar-refractivity contribution in [1.29, 1.82) is 0 Å². The van der Waals surface area contributed by atoms with Crippen LogP contribution in [0.25, 0.3) is 0 Å². The predicted molar refractivity (Wildman–Crippen MR) is 68.2 cm³/mol. The van der Waals surface area contributed by atoms with Crippen molar-refractivity contribution in [3.63, 3.8) is 0 Å². The Morgan fingerprint density at radius 1 is 1.56 bits per heavy atom. The maximum atomic E-state index is 11.8. The molecule has 5 heteroatoms. The molecule has 0 aromatic carbocycles. The van der Waals surface area contributed by atoms with Gasteiger partial charge in [0.2, 0.25) is 0 Å². The summed E-state index contributed by atoms with van der Waals surface area (Å²) in [4.78, 5) is 18.5. The van der Waals surface area contributed by atoms with Gasteiger partial charge in [0.05, 0.1) is 5.69 Å². The van der Waals surface area contributed by atoms with E-state index in [1.165, 1.54) is 11.3 Å². The van der Waals surface area contributed by atoms with Crippen LogP contribution < -0.4 is 5.32 Å². The van der Waals surface area contributed by atoms with Crippen LogP contribution in [-0.2, 0) is 0 Å². The van der Waals surface area contributed by atoms with Gasteiger partial charge in [-0.2, -0.15) is 0 Å². The molecule has 0 aliphatic carbocycles. The fraction of sp³-hybridized carbons (Fsp3) is 0.636. The zero-order valence-corrected chi connectivity index (χ0v) is 11.3. The molecule has 1 aromatic rings. The molecule has 0 saturated heterocycles. The first-order chi connectivity index (χ1) is 7.45. The number of aromatic nitrogens is 1. The summed E-state index contributed by atoms with van der Waals surface area (Å²) < 4.78 is 0. The molecule has 0 fully saturated rings. The lowest BCUT2D eigenvalue weighted by molar-refractivity contribution is 0.0831. The molecule has 4 nitrogen and oxygen atoms in total. The molecule has 0 unspecified atom stereocenters. The average molecular weight is 241 g/mol. The van der Waals surface area contributed by atoms with Gasteiger partial charge in [0, 0.05) is 20.1 Å². The topological polar surface area (TPSA) is 45.2 Å². The first-order valence-corrected chi connectivity index (χ1v) is 6.23. The second kappa shape index (κ2) is 5.30. The number of nitrogens with zero attached hydrogens (tertiary/aromatic N) is 2. The maximum Gasteiger partial charge on any atom is 0.265 e. The van der Waals surface area contributed by atoms with Crippen molar-refractivity contribution in [2.24, 2.45) is 0 Å². The Morgan fingerprint density at radius 2 is 2.19 bits per heavy atom. The SMILES string of the molecule is CC[C@H](C)Nc1nc(C)c(C(=O)N(C)C)s1. The summed E-state index contributed by atoms with van der Waals surface area (Å²) in [6.07, 6.45) is 1.04. The average Bonchev–Trinajstić information content (AvgIpc) is 2.57. The van der Waals surface area contributed by atoms with Gasteiger partial charge < -0.3 is 10.2 Å². The van der Waals surface area contributed by atoms with E-state index in [0.717, 1.165) is 22.1 Å². The molecule has 0 bridgehead atoms. The van der Waals surface area contributed by atoms with E-state index < -0.39 is 0 Å². The monoisotopic (exact) mass is 241 g/mol. The third-order valence-corrected chi connectivity index (χ3v) is 3.46. The van der Waals surface area contributed by atoms with Crippen molar-refractivity contribution < 1.29 is 4.79 Å². The van der Waals surface area contributed by atoms with E-state index in [4.69, 9.17) is 0 Å². The lowest BCUT2D eigenvalue weighted by Crippen LogP contribution is -2.21. The van der Waals surface area contributed by atoms with Gasteiger partial charge in [-0.25, -0.2) is 4.98 Å².